The average Bonchev–Trinajstić information content (AvgIpc) is 2.87. The van der Waals surface area contributed by atoms with E-state index in [1.165, 1.54) is 13.0 Å². The van der Waals surface area contributed by atoms with Crippen LogP contribution in [0.3, 0.4) is 0 Å². The summed E-state index contributed by atoms with van der Waals surface area (Å²) in [5.41, 5.74) is -2.45. The Morgan fingerprint density at radius 1 is 1.14 bits per heavy atom. The largest absolute Gasteiger partial charge is 0.395 e. The Morgan fingerprint density at radius 3 is 2.39 bits per heavy atom. The summed E-state index contributed by atoms with van der Waals surface area (Å²) in [4.78, 5) is 24.2. The molecule has 156 valence electrons. The lowest BCUT2D eigenvalue weighted by molar-refractivity contribution is -0.200. The van der Waals surface area contributed by atoms with Gasteiger partial charge in [0.15, 0.2) is 11.6 Å². The van der Waals surface area contributed by atoms with Crippen molar-refractivity contribution in [2.24, 2.45) is 34.5 Å². The van der Waals surface area contributed by atoms with Gasteiger partial charge in [0.2, 0.25) is 0 Å². The van der Waals surface area contributed by atoms with Crippen LogP contribution in [0, 0.1) is 34.5 Å². The lowest BCUT2D eigenvalue weighted by Gasteiger charge is -2.60. The molecule has 0 aromatic rings. The molecule has 3 unspecified atom stereocenters. The van der Waals surface area contributed by atoms with Crippen LogP contribution >= 0.6 is 0 Å². The highest BCUT2D eigenvalue weighted by Crippen LogP contribution is 2.69. The minimum absolute atomic E-state index is 0.0306. The van der Waals surface area contributed by atoms with E-state index in [-0.39, 0.29) is 41.3 Å². The summed E-state index contributed by atoms with van der Waals surface area (Å²) in [5.74, 6) is -2.29. The lowest BCUT2D eigenvalue weighted by Crippen LogP contribution is -2.58. The first-order chi connectivity index (χ1) is 12.8. The van der Waals surface area contributed by atoms with Gasteiger partial charge in [-0.2, -0.15) is 13.2 Å². The van der Waals surface area contributed by atoms with Crippen molar-refractivity contribution in [3.63, 3.8) is 0 Å². The van der Waals surface area contributed by atoms with Crippen molar-refractivity contribution in [2.45, 2.75) is 77.5 Å². The molecule has 0 heterocycles. The third-order valence-electron chi connectivity index (χ3n) is 9.13. The van der Waals surface area contributed by atoms with Gasteiger partial charge in [0.25, 0.3) is 0 Å². The summed E-state index contributed by atoms with van der Waals surface area (Å²) in [6.07, 6.45) is -0.114. The summed E-state index contributed by atoms with van der Waals surface area (Å²) >= 11 is 0. The predicted octanol–water partition coefficient (Wildman–Crippen LogP) is 4.63. The van der Waals surface area contributed by atoms with Crippen LogP contribution in [-0.2, 0) is 9.59 Å². The van der Waals surface area contributed by atoms with Gasteiger partial charge in [0, 0.05) is 11.8 Å². The SMILES string of the molecule is CC(=O)[C@@]1(O)CCC2C3C[C@H](C(F)(F)F)C4=CC(=O)CC[C@]4(C)C3CC[C@@]21C. The number of fused-ring (bicyclic) bond motifs is 5. The fraction of sp³-hybridized carbons (Fsp3) is 0.818. The second kappa shape index (κ2) is 5.93. The minimum Gasteiger partial charge on any atom is -0.382 e. The Kier molecular flexibility index (Phi) is 4.26. The van der Waals surface area contributed by atoms with Crippen molar-refractivity contribution in [3.05, 3.63) is 11.6 Å². The molecular formula is C22H29F3O3. The first-order valence-electron chi connectivity index (χ1n) is 10.4. The number of hydrogen-bond donors (Lipinski definition) is 1. The van der Waals surface area contributed by atoms with Gasteiger partial charge in [-0.1, -0.05) is 13.8 Å². The molecule has 0 saturated heterocycles. The third kappa shape index (κ3) is 2.45. The van der Waals surface area contributed by atoms with E-state index in [1.807, 2.05) is 13.8 Å². The second-order valence-electron chi connectivity index (χ2n) is 10.1. The monoisotopic (exact) mass is 398 g/mol. The van der Waals surface area contributed by atoms with Gasteiger partial charge in [-0.15, -0.1) is 0 Å². The Bertz CT molecular complexity index is 757. The lowest BCUT2D eigenvalue weighted by atomic mass is 9.44. The zero-order chi connectivity index (χ0) is 20.7. The topological polar surface area (TPSA) is 54.4 Å². The van der Waals surface area contributed by atoms with Crippen molar-refractivity contribution in [3.8, 4) is 0 Å². The number of hydrogen-bond acceptors (Lipinski definition) is 3. The molecule has 0 aromatic heterocycles. The van der Waals surface area contributed by atoms with Crippen LogP contribution in [0.5, 0.6) is 0 Å². The number of rotatable bonds is 1. The van der Waals surface area contributed by atoms with Crippen molar-refractivity contribution in [2.75, 3.05) is 0 Å². The first-order valence-corrected chi connectivity index (χ1v) is 10.4. The Labute approximate surface area is 163 Å². The number of Topliss-reactive ketones (excluding diaryl/α,β-unsaturated/α-hetero) is 1. The molecule has 28 heavy (non-hydrogen) atoms. The number of carbonyl (C=O) groups excluding carboxylic acids is 2. The molecule has 3 nitrogen and oxygen atoms in total. The highest BCUT2D eigenvalue weighted by molar-refractivity contribution is 5.92. The molecule has 0 bridgehead atoms. The smallest absolute Gasteiger partial charge is 0.382 e. The van der Waals surface area contributed by atoms with Gasteiger partial charge in [-0.05, 0) is 80.3 Å². The molecule has 3 saturated carbocycles. The second-order valence-corrected chi connectivity index (χ2v) is 10.1. The molecule has 0 aliphatic heterocycles. The minimum atomic E-state index is -4.39. The van der Waals surface area contributed by atoms with E-state index in [4.69, 9.17) is 0 Å². The maximum absolute atomic E-state index is 14.0. The van der Waals surface area contributed by atoms with Crippen molar-refractivity contribution < 1.29 is 27.9 Å². The van der Waals surface area contributed by atoms with E-state index >= 15 is 0 Å². The van der Waals surface area contributed by atoms with Gasteiger partial charge in [0.1, 0.15) is 5.60 Å². The van der Waals surface area contributed by atoms with Crippen LogP contribution in [0.2, 0.25) is 0 Å². The van der Waals surface area contributed by atoms with Crippen LogP contribution in [0.4, 0.5) is 13.2 Å². The zero-order valence-electron chi connectivity index (χ0n) is 16.7. The molecule has 4 aliphatic carbocycles. The number of ketones is 2. The van der Waals surface area contributed by atoms with Crippen LogP contribution in [0.15, 0.2) is 11.6 Å². The quantitative estimate of drug-likeness (QED) is 0.701. The number of alkyl halides is 3. The van der Waals surface area contributed by atoms with E-state index < -0.39 is 28.5 Å². The van der Waals surface area contributed by atoms with Crippen molar-refractivity contribution in [1.29, 1.82) is 0 Å². The van der Waals surface area contributed by atoms with Gasteiger partial charge < -0.3 is 5.11 Å². The van der Waals surface area contributed by atoms with Crippen LogP contribution in [-0.4, -0.2) is 28.5 Å². The summed E-state index contributed by atoms with van der Waals surface area (Å²) in [6.45, 7) is 5.21. The molecule has 0 aromatic carbocycles. The Balaban J connectivity index is 1.79. The normalized spacial score (nSPS) is 48.4. The number of carbonyl (C=O) groups is 2. The summed E-state index contributed by atoms with van der Waals surface area (Å²) in [7, 11) is 0. The van der Waals surface area contributed by atoms with Crippen LogP contribution in [0.1, 0.15) is 65.7 Å². The van der Waals surface area contributed by atoms with Crippen LogP contribution in [0.25, 0.3) is 0 Å². The zero-order valence-corrected chi connectivity index (χ0v) is 16.7. The van der Waals surface area contributed by atoms with E-state index in [1.54, 1.807) is 0 Å². The highest BCUT2D eigenvalue weighted by atomic mass is 19.4. The summed E-state index contributed by atoms with van der Waals surface area (Å²) < 4.78 is 42.1. The van der Waals surface area contributed by atoms with Gasteiger partial charge >= 0.3 is 6.18 Å². The van der Waals surface area contributed by atoms with Gasteiger partial charge in [0.05, 0.1) is 5.92 Å². The molecule has 0 spiro atoms. The van der Waals surface area contributed by atoms with Crippen molar-refractivity contribution in [1.82, 2.24) is 0 Å². The molecule has 1 N–H and O–H groups in total. The molecule has 3 fully saturated rings. The molecule has 6 heteroatoms. The standard InChI is InChI=1S/C22H29F3O3/c1-12(26)21(28)9-6-16-14-11-18(22(23,24)25)17-10-13(27)4-7-19(17,2)15(14)5-8-20(16,21)3/h10,14-16,18,28H,4-9,11H2,1-3H3/t14?,15?,16?,18-,19+,20-,21-/m0/s1. The van der Waals surface area contributed by atoms with E-state index in [0.717, 1.165) is 0 Å². The molecule has 4 rings (SSSR count). The number of aliphatic hydroxyl groups is 1. The number of halogens is 3. The highest BCUT2D eigenvalue weighted by Gasteiger charge is 2.67. The molecule has 4 aliphatic rings. The third-order valence-corrected chi connectivity index (χ3v) is 9.13. The van der Waals surface area contributed by atoms with E-state index in [0.29, 0.717) is 38.5 Å². The maximum atomic E-state index is 14.0. The predicted molar refractivity (Wildman–Crippen MR) is 97.3 cm³/mol. The van der Waals surface area contributed by atoms with E-state index in [9.17, 15) is 27.9 Å². The van der Waals surface area contributed by atoms with E-state index in [2.05, 4.69) is 0 Å². The summed E-state index contributed by atoms with van der Waals surface area (Å²) in [5, 5.41) is 11.1. The Morgan fingerprint density at radius 2 is 1.79 bits per heavy atom. The molecule has 0 radical (unpaired) electrons. The molecular weight excluding hydrogens is 369 g/mol. The van der Waals surface area contributed by atoms with Gasteiger partial charge in [-0.25, -0.2) is 0 Å². The maximum Gasteiger partial charge on any atom is 0.395 e. The molecule has 0 amide bonds. The van der Waals surface area contributed by atoms with Crippen molar-refractivity contribution >= 4 is 11.6 Å². The molecule has 7 atom stereocenters. The first kappa shape index (κ1) is 20.1. The fourth-order valence-electron chi connectivity index (χ4n) is 7.55. The Hall–Kier alpha value is -1.17. The van der Waals surface area contributed by atoms with Crippen LogP contribution < -0.4 is 0 Å². The summed E-state index contributed by atoms with van der Waals surface area (Å²) in [6, 6.07) is 0. The van der Waals surface area contributed by atoms with Gasteiger partial charge in [-0.3, -0.25) is 9.59 Å². The average molecular weight is 398 g/mol. The fourth-order valence-corrected chi connectivity index (χ4v) is 7.55. The number of allylic oxidation sites excluding steroid dienone is 1.